The number of alkyl carbamates (subject to hydrolysis) is 1. The van der Waals surface area contributed by atoms with E-state index in [1.807, 2.05) is 30.5 Å². The van der Waals surface area contributed by atoms with Gasteiger partial charge in [0.25, 0.3) is 0 Å². The van der Waals surface area contributed by atoms with Crippen LogP contribution in [0.15, 0.2) is 43.1 Å². The quantitative estimate of drug-likeness (QED) is 0.501. The molecule has 9 rings (SSSR count). The van der Waals surface area contributed by atoms with Gasteiger partial charge in [-0.05, 0) is 112 Å². The highest BCUT2D eigenvalue weighted by Crippen LogP contribution is 2.55. The van der Waals surface area contributed by atoms with E-state index in [0.29, 0.717) is 11.8 Å². The Hall–Kier alpha value is -2.60. The molecule has 1 aromatic carbocycles. The summed E-state index contributed by atoms with van der Waals surface area (Å²) in [6.45, 7) is 6.13. The zero-order valence-corrected chi connectivity index (χ0v) is 21.9. The first-order chi connectivity index (χ1) is 18.0. The van der Waals surface area contributed by atoms with E-state index in [0.717, 1.165) is 78.7 Å². The van der Waals surface area contributed by atoms with Crippen molar-refractivity contribution in [1.82, 2.24) is 15.2 Å². The molecule has 196 valence electrons. The normalized spacial score (nSPS) is 38.4. The lowest BCUT2D eigenvalue weighted by atomic mass is 9.53. The molecule has 0 radical (unpaired) electrons. The molecule has 4 heterocycles. The van der Waals surface area contributed by atoms with Crippen LogP contribution in [-0.4, -0.2) is 47.8 Å². The van der Waals surface area contributed by atoms with Crippen LogP contribution < -0.4 is 10.1 Å². The Kier molecular flexibility index (Phi) is 5.72. The zero-order valence-electron chi connectivity index (χ0n) is 21.9. The monoisotopic (exact) mass is 501 g/mol. The van der Waals surface area contributed by atoms with E-state index in [1.54, 1.807) is 7.11 Å². The molecule has 7 fully saturated rings. The van der Waals surface area contributed by atoms with Crippen LogP contribution in [0.3, 0.4) is 0 Å². The summed E-state index contributed by atoms with van der Waals surface area (Å²) in [6, 6.07) is 8.15. The molecule has 6 nitrogen and oxygen atoms in total. The summed E-state index contributed by atoms with van der Waals surface area (Å²) in [6.07, 6.45) is 13.0. The minimum absolute atomic E-state index is 0.0697. The molecular weight excluding hydrogens is 462 g/mol. The topological polar surface area (TPSA) is 63.7 Å². The van der Waals surface area contributed by atoms with Crippen molar-refractivity contribution in [3.05, 3.63) is 48.7 Å². The Morgan fingerprint density at radius 2 is 1.92 bits per heavy atom. The van der Waals surface area contributed by atoms with Crippen LogP contribution in [0.5, 0.6) is 5.75 Å². The van der Waals surface area contributed by atoms with Gasteiger partial charge in [0.1, 0.15) is 11.9 Å². The van der Waals surface area contributed by atoms with E-state index < -0.39 is 0 Å². The van der Waals surface area contributed by atoms with Gasteiger partial charge in [-0.2, -0.15) is 0 Å². The third kappa shape index (κ3) is 4.12. The van der Waals surface area contributed by atoms with E-state index >= 15 is 0 Å². The van der Waals surface area contributed by atoms with Crippen molar-refractivity contribution in [1.29, 1.82) is 0 Å². The van der Waals surface area contributed by atoms with Crippen molar-refractivity contribution >= 4 is 17.0 Å². The van der Waals surface area contributed by atoms with E-state index in [9.17, 15) is 4.79 Å². The van der Waals surface area contributed by atoms with Gasteiger partial charge < -0.3 is 14.8 Å². The molecule has 1 aromatic heterocycles. The summed E-state index contributed by atoms with van der Waals surface area (Å²) in [7, 11) is 1.69. The highest BCUT2D eigenvalue weighted by atomic mass is 16.6. The minimum atomic E-state index is -0.361. The lowest BCUT2D eigenvalue weighted by Gasteiger charge is -2.56. The maximum Gasteiger partial charge on any atom is 0.408 e. The number of amides is 1. The second-order valence-electron chi connectivity index (χ2n) is 12.7. The van der Waals surface area contributed by atoms with Crippen LogP contribution in [0.2, 0.25) is 0 Å². The number of piperidine rings is 3. The SMILES string of the molecule is C=C[C@H]1CN2CC[C@H]1C[C@@H]2[C@@H](OC(=O)NC12CC3CC(CC(C3)C1)C2)c1ccnc2ccc(OC)cc12. The van der Waals surface area contributed by atoms with Gasteiger partial charge in [-0.25, -0.2) is 4.79 Å². The smallest absolute Gasteiger partial charge is 0.408 e. The molecule has 3 aliphatic heterocycles. The molecule has 6 heteroatoms. The van der Waals surface area contributed by atoms with E-state index in [4.69, 9.17) is 9.47 Å². The first-order valence-electron chi connectivity index (χ1n) is 14.3. The summed E-state index contributed by atoms with van der Waals surface area (Å²) in [4.78, 5) is 20.9. The fourth-order valence-electron chi connectivity index (χ4n) is 9.19. The number of carbonyl (C=O) groups is 1. The number of hydrogen-bond acceptors (Lipinski definition) is 5. The first kappa shape index (κ1) is 23.5. The zero-order chi connectivity index (χ0) is 25.1. The molecule has 5 atom stereocenters. The summed E-state index contributed by atoms with van der Waals surface area (Å²) >= 11 is 0. The number of hydrogen-bond donors (Lipinski definition) is 1. The fourth-order valence-corrected chi connectivity index (χ4v) is 9.19. The highest BCUT2D eigenvalue weighted by molar-refractivity contribution is 5.84. The van der Waals surface area contributed by atoms with Crippen molar-refractivity contribution in [2.45, 2.75) is 69.1 Å². The van der Waals surface area contributed by atoms with Crippen LogP contribution in [0.4, 0.5) is 4.79 Å². The second kappa shape index (κ2) is 9.00. The largest absolute Gasteiger partial charge is 0.497 e. The van der Waals surface area contributed by atoms with Crippen LogP contribution >= 0.6 is 0 Å². The van der Waals surface area contributed by atoms with Gasteiger partial charge in [-0.15, -0.1) is 6.58 Å². The average molecular weight is 502 g/mol. The number of aromatic nitrogens is 1. The molecular formula is C31H39N3O3. The standard InChI is InChI=1S/C31H39N3O3/c1-3-22-18-34-9-7-23(22)13-28(34)29(25-6-8-32-27-5-4-24(36-2)14-26(25)27)37-30(35)33-31-15-19-10-20(16-31)12-21(11-19)17-31/h3-6,8,14,19-23,28-29H,1,7,9-13,15-18H2,2H3,(H,33,35)/t19?,20?,21?,22-,23-,28+,29-,31?/m0/s1. The number of nitrogens with zero attached hydrogens (tertiary/aromatic N) is 2. The van der Waals surface area contributed by atoms with Gasteiger partial charge in [0.2, 0.25) is 0 Å². The Balaban J connectivity index is 1.21. The molecule has 1 N–H and O–H groups in total. The number of pyridine rings is 1. The van der Waals surface area contributed by atoms with Gasteiger partial charge >= 0.3 is 6.09 Å². The van der Waals surface area contributed by atoms with Crippen molar-refractivity contribution in [2.24, 2.45) is 29.6 Å². The maximum atomic E-state index is 13.7. The molecule has 0 spiro atoms. The van der Waals surface area contributed by atoms with Gasteiger partial charge in [-0.3, -0.25) is 9.88 Å². The van der Waals surface area contributed by atoms with Crippen molar-refractivity contribution in [3.8, 4) is 5.75 Å². The van der Waals surface area contributed by atoms with E-state index in [2.05, 4.69) is 27.9 Å². The molecule has 1 unspecified atom stereocenters. The lowest BCUT2D eigenvalue weighted by molar-refractivity contribution is -0.0580. The van der Waals surface area contributed by atoms with Crippen LogP contribution in [0.25, 0.3) is 10.9 Å². The molecule has 4 saturated carbocycles. The van der Waals surface area contributed by atoms with Gasteiger partial charge in [-0.1, -0.05) is 6.08 Å². The number of nitrogens with one attached hydrogen (secondary N) is 1. The number of fused-ring (bicyclic) bond motifs is 4. The van der Waals surface area contributed by atoms with Gasteiger partial charge in [0.15, 0.2) is 0 Å². The highest BCUT2D eigenvalue weighted by Gasteiger charge is 2.52. The fraction of sp³-hybridized carbons (Fsp3) is 0.613. The van der Waals surface area contributed by atoms with Crippen molar-refractivity contribution < 1.29 is 14.3 Å². The summed E-state index contributed by atoms with van der Waals surface area (Å²) in [5, 5.41) is 4.46. The summed E-state index contributed by atoms with van der Waals surface area (Å²) in [5.74, 6) is 4.21. The maximum absolute atomic E-state index is 13.7. The predicted molar refractivity (Wildman–Crippen MR) is 143 cm³/mol. The number of benzene rings is 1. The Bertz CT molecular complexity index is 1180. The second-order valence-corrected chi connectivity index (χ2v) is 12.7. The molecule has 4 aliphatic carbocycles. The van der Waals surface area contributed by atoms with Crippen LogP contribution in [0, 0.1) is 29.6 Å². The Morgan fingerprint density at radius 3 is 2.57 bits per heavy atom. The Morgan fingerprint density at radius 1 is 1.16 bits per heavy atom. The molecule has 37 heavy (non-hydrogen) atoms. The van der Waals surface area contributed by atoms with E-state index in [-0.39, 0.29) is 23.8 Å². The molecule has 7 aliphatic rings. The summed E-state index contributed by atoms with van der Waals surface area (Å²) in [5.41, 5.74) is 1.85. The predicted octanol–water partition coefficient (Wildman–Crippen LogP) is 5.88. The molecule has 1 amide bonds. The average Bonchev–Trinajstić information content (AvgIpc) is 2.90. The van der Waals surface area contributed by atoms with Gasteiger partial charge in [0, 0.05) is 29.2 Å². The van der Waals surface area contributed by atoms with Crippen molar-refractivity contribution in [3.63, 3.8) is 0 Å². The van der Waals surface area contributed by atoms with Gasteiger partial charge in [0.05, 0.1) is 18.7 Å². The summed E-state index contributed by atoms with van der Waals surface area (Å²) < 4.78 is 12.1. The number of carbonyl (C=O) groups excluding carboxylic acids is 1. The molecule has 6 bridgehead atoms. The third-order valence-electron chi connectivity index (χ3n) is 10.4. The van der Waals surface area contributed by atoms with Crippen LogP contribution in [-0.2, 0) is 4.74 Å². The van der Waals surface area contributed by atoms with E-state index in [1.165, 1.54) is 25.7 Å². The third-order valence-corrected chi connectivity index (χ3v) is 10.4. The van der Waals surface area contributed by atoms with Crippen LogP contribution in [0.1, 0.15) is 63.0 Å². The van der Waals surface area contributed by atoms with Crippen molar-refractivity contribution in [2.75, 3.05) is 20.2 Å². The number of ether oxygens (including phenoxy) is 2. The lowest BCUT2D eigenvalue weighted by Crippen LogP contribution is -2.60. The molecule has 3 saturated heterocycles. The number of methoxy groups -OCH3 is 1. The minimum Gasteiger partial charge on any atom is -0.497 e. The Labute approximate surface area is 219 Å². The first-order valence-corrected chi connectivity index (χ1v) is 14.3. The molecule has 2 aromatic rings. The number of rotatable bonds is 6.